The van der Waals surface area contributed by atoms with Crippen LogP contribution in [0.2, 0.25) is 0 Å². The zero-order valence-corrected chi connectivity index (χ0v) is 16.0. The average Bonchev–Trinajstić information content (AvgIpc) is 2.62. The molecule has 1 fully saturated rings. The fraction of sp³-hybridized carbons (Fsp3) is 0.650. The Kier molecular flexibility index (Phi) is 7.56. The lowest BCUT2D eigenvalue weighted by Gasteiger charge is -2.34. The van der Waals surface area contributed by atoms with Crippen LogP contribution in [0.25, 0.3) is 0 Å². The maximum absolute atomic E-state index is 12.5. The number of carbonyl (C=O) groups excluding carboxylic acids is 1. The zero-order chi connectivity index (χ0) is 18.2. The fourth-order valence-electron chi connectivity index (χ4n) is 3.25. The van der Waals surface area contributed by atoms with Crippen LogP contribution in [-0.4, -0.2) is 62.7 Å². The minimum absolute atomic E-state index is 0.200. The summed E-state index contributed by atoms with van der Waals surface area (Å²) < 4.78 is 10.9. The predicted molar refractivity (Wildman–Crippen MR) is 100 cm³/mol. The number of carbonyl (C=O) groups is 1. The van der Waals surface area contributed by atoms with Gasteiger partial charge in [-0.1, -0.05) is 6.92 Å². The van der Waals surface area contributed by atoms with E-state index in [9.17, 15) is 4.79 Å². The Morgan fingerprint density at radius 1 is 1.08 bits per heavy atom. The van der Waals surface area contributed by atoms with Crippen LogP contribution in [0.3, 0.4) is 0 Å². The molecule has 0 saturated heterocycles. The molecule has 1 saturated carbocycles. The smallest absolute Gasteiger partial charge is 0.236 e. The van der Waals surface area contributed by atoms with Crippen LogP contribution in [0.5, 0.6) is 11.5 Å². The summed E-state index contributed by atoms with van der Waals surface area (Å²) in [7, 11) is 5.56. The lowest BCUT2D eigenvalue weighted by atomic mass is 9.87. The monoisotopic (exact) mass is 348 g/mol. The van der Waals surface area contributed by atoms with Crippen molar-refractivity contribution >= 4 is 5.91 Å². The van der Waals surface area contributed by atoms with Crippen molar-refractivity contribution in [3.05, 3.63) is 24.3 Å². The van der Waals surface area contributed by atoms with Crippen molar-refractivity contribution in [2.45, 2.75) is 38.6 Å². The first-order valence-corrected chi connectivity index (χ1v) is 9.20. The van der Waals surface area contributed by atoms with Gasteiger partial charge < -0.3 is 14.4 Å². The molecule has 1 aliphatic rings. The van der Waals surface area contributed by atoms with Gasteiger partial charge in [-0.2, -0.15) is 0 Å². The normalized spacial score (nSPS) is 20.4. The van der Waals surface area contributed by atoms with Crippen LogP contribution in [0.4, 0.5) is 0 Å². The van der Waals surface area contributed by atoms with E-state index < -0.39 is 0 Å². The molecular formula is C20H32N2O3. The van der Waals surface area contributed by atoms with Crippen molar-refractivity contribution in [3.63, 3.8) is 0 Å². The number of hydrogen-bond donors (Lipinski definition) is 0. The minimum atomic E-state index is 0.200. The van der Waals surface area contributed by atoms with Crippen molar-refractivity contribution in [2.24, 2.45) is 5.92 Å². The molecule has 1 aromatic carbocycles. The Morgan fingerprint density at radius 3 is 2.28 bits per heavy atom. The molecule has 25 heavy (non-hydrogen) atoms. The molecular weight excluding hydrogens is 316 g/mol. The molecule has 0 bridgehead atoms. The van der Waals surface area contributed by atoms with E-state index >= 15 is 0 Å². The molecule has 5 nitrogen and oxygen atoms in total. The summed E-state index contributed by atoms with van der Waals surface area (Å²) in [4.78, 5) is 16.4. The van der Waals surface area contributed by atoms with Gasteiger partial charge in [-0.3, -0.25) is 9.69 Å². The number of hydrogen-bond acceptors (Lipinski definition) is 4. The maximum atomic E-state index is 12.5. The van der Waals surface area contributed by atoms with E-state index in [1.807, 2.05) is 48.2 Å². The summed E-state index contributed by atoms with van der Waals surface area (Å²) in [5.41, 5.74) is 0. The molecule has 0 aromatic heterocycles. The van der Waals surface area contributed by atoms with Gasteiger partial charge in [0.1, 0.15) is 18.1 Å². The molecule has 1 aliphatic carbocycles. The third-order valence-corrected chi connectivity index (χ3v) is 5.13. The number of amides is 1. The maximum Gasteiger partial charge on any atom is 0.236 e. The summed E-state index contributed by atoms with van der Waals surface area (Å²) in [6, 6.07) is 7.95. The fourth-order valence-corrected chi connectivity index (χ4v) is 3.25. The Labute approximate surface area is 151 Å². The number of benzene rings is 1. The highest BCUT2D eigenvalue weighted by Crippen LogP contribution is 2.26. The molecule has 0 radical (unpaired) electrons. The number of likely N-dealkylation sites (N-methyl/N-ethyl adjacent to an activating group) is 2. The van der Waals surface area contributed by atoms with Gasteiger partial charge in [-0.05, 0) is 62.9 Å². The second kappa shape index (κ2) is 9.66. The van der Waals surface area contributed by atoms with E-state index in [1.54, 1.807) is 7.11 Å². The summed E-state index contributed by atoms with van der Waals surface area (Å²) in [5.74, 6) is 2.63. The zero-order valence-electron chi connectivity index (χ0n) is 16.0. The van der Waals surface area contributed by atoms with Crippen LogP contribution >= 0.6 is 0 Å². The van der Waals surface area contributed by atoms with Crippen molar-refractivity contribution in [3.8, 4) is 11.5 Å². The van der Waals surface area contributed by atoms with Crippen molar-refractivity contribution in [2.75, 3.05) is 40.9 Å². The van der Waals surface area contributed by atoms with Crippen molar-refractivity contribution in [1.29, 1.82) is 0 Å². The van der Waals surface area contributed by atoms with Crippen LogP contribution in [-0.2, 0) is 4.79 Å². The Balaban J connectivity index is 1.68. The molecule has 0 atom stereocenters. The lowest BCUT2D eigenvalue weighted by molar-refractivity contribution is -0.133. The van der Waals surface area contributed by atoms with Crippen LogP contribution in [0, 0.1) is 5.92 Å². The molecule has 5 heteroatoms. The van der Waals surface area contributed by atoms with Gasteiger partial charge in [-0.25, -0.2) is 0 Å². The third kappa shape index (κ3) is 6.24. The number of nitrogens with zero attached hydrogens (tertiary/aromatic N) is 2. The van der Waals surface area contributed by atoms with Gasteiger partial charge in [0.25, 0.3) is 0 Å². The van der Waals surface area contributed by atoms with E-state index in [0.29, 0.717) is 25.7 Å². The van der Waals surface area contributed by atoms with E-state index in [2.05, 4.69) is 6.92 Å². The summed E-state index contributed by atoms with van der Waals surface area (Å²) >= 11 is 0. The second-order valence-electron chi connectivity index (χ2n) is 7.18. The molecule has 0 spiro atoms. The first kappa shape index (κ1) is 19.6. The highest BCUT2D eigenvalue weighted by molar-refractivity contribution is 5.78. The summed E-state index contributed by atoms with van der Waals surface area (Å²) in [6.45, 7) is 4.01. The molecule has 0 unspecified atom stereocenters. The van der Waals surface area contributed by atoms with Crippen LogP contribution in [0.1, 0.15) is 32.6 Å². The Morgan fingerprint density at radius 2 is 1.68 bits per heavy atom. The van der Waals surface area contributed by atoms with Gasteiger partial charge >= 0.3 is 0 Å². The van der Waals surface area contributed by atoms with Gasteiger partial charge in [0.15, 0.2) is 0 Å². The van der Waals surface area contributed by atoms with Gasteiger partial charge in [0, 0.05) is 19.6 Å². The Bertz CT molecular complexity index is 524. The molecule has 0 heterocycles. The first-order valence-electron chi connectivity index (χ1n) is 9.20. The lowest BCUT2D eigenvalue weighted by Crippen LogP contribution is -2.44. The van der Waals surface area contributed by atoms with Gasteiger partial charge in [0.2, 0.25) is 5.91 Å². The van der Waals surface area contributed by atoms with Crippen LogP contribution in [0.15, 0.2) is 24.3 Å². The standard InChI is InChI=1S/C20H32N2O3/c1-16-5-7-17(8-6-16)22(3)20(23)15-21(2)13-14-25-19-11-9-18(24-4)10-12-19/h9-12,16-17H,5-8,13-15H2,1-4H3. The first-order chi connectivity index (χ1) is 12.0. The topological polar surface area (TPSA) is 42.0 Å². The number of rotatable bonds is 8. The molecule has 0 aliphatic heterocycles. The average molecular weight is 348 g/mol. The van der Waals surface area contributed by atoms with Gasteiger partial charge in [0.05, 0.1) is 13.7 Å². The number of ether oxygens (including phenoxy) is 2. The van der Waals surface area contributed by atoms with Crippen LogP contribution < -0.4 is 9.47 Å². The third-order valence-electron chi connectivity index (χ3n) is 5.13. The second-order valence-corrected chi connectivity index (χ2v) is 7.18. The predicted octanol–water partition coefficient (Wildman–Crippen LogP) is 3.04. The Hall–Kier alpha value is -1.75. The van der Waals surface area contributed by atoms with E-state index in [4.69, 9.17) is 9.47 Å². The molecule has 140 valence electrons. The largest absolute Gasteiger partial charge is 0.497 e. The van der Waals surface area contributed by atoms with E-state index in [0.717, 1.165) is 30.3 Å². The van der Waals surface area contributed by atoms with Gasteiger partial charge in [-0.15, -0.1) is 0 Å². The van der Waals surface area contributed by atoms with E-state index in [-0.39, 0.29) is 5.91 Å². The minimum Gasteiger partial charge on any atom is -0.497 e. The molecule has 0 N–H and O–H groups in total. The molecule has 1 amide bonds. The van der Waals surface area contributed by atoms with E-state index in [1.165, 1.54) is 12.8 Å². The number of methoxy groups -OCH3 is 1. The summed E-state index contributed by atoms with van der Waals surface area (Å²) in [5, 5.41) is 0. The SMILES string of the molecule is COc1ccc(OCCN(C)CC(=O)N(C)C2CCC(C)CC2)cc1. The highest BCUT2D eigenvalue weighted by Gasteiger charge is 2.25. The van der Waals surface area contributed by atoms with Crippen molar-refractivity contribution in [1.82, 2.24) is 9.80 Å². The van der Waals surface area contributed by atoms with Crippen molar-refractivity contribution < 1.29 is 14.3 Å². The quantitative estimate of drug-likeness (QED) is 0.724. The highest BCUT2D eigenvalue weighted by atomic mass is 16.5. The summed E-state index contributed by atoms with van der Waals surface area (Å²) in [6.07, 6.45) is 4.73. The molecule has 1 aromatic rings. The molecule has 2 rings (SSSR count).